The van der Waals surface area contributed by atoms with Gasteiger partial charge in [0.15, 0.2) is 23.0 Å². The summed E-state index contributed by atoms with van der Waals surface area (Å²) in [4.78, 5) is 25.4. The van der Waals surface area contributed by atoms with Crippen LogP contribution in [0, 0.1) is 5.82 Å². The Kier molecular flexibility index (Phi) is 4.69. The van der Waals surface area contributed by atoms with Crippen molar-refractivity contribution in [2.24, 2.45) is 0 Å². The minimum Gasteiger partial charge on any atom is -0.454 e. The molecule has 0 saturated heterocycles. The van der Waals surface area contributed by atoms with Crippen LogP contribution >= 0.6 is 0 Å². The summed E-state index contributed by atoms with van der Waals surface area (Å²) in [5, 5.41) is 7.41. The number of ketones is 1. The summed E-state index contributed by atoms with van der Waals surface area (Å²) in [6, 6.07) is 9.21. The number of ether oxygens (including phenoxy) is 2. The molecule has 158 valence electrons. The van der Waals surface area contributed by atoms with Crippen LogP contribution in [-0.2, 0) is 12.8 Å². The number of hydrogen-bond donors (Lipinski definition) is 1. The molecule has 1 aromatic heterocycles. The highest BCUT2D eigenvalue weighted by Crippen LogP contribution is 2.37. The van der Waals surface area contributed by atoms with Crippen LogP contribution in [0.15, 0.2) is 36.4 Å². The summed E-state index contributed by atoms with van der Waals surface area (Å²) >= 11 is 0. The van der Waals surface area contributed by atoms with Gasteiger partial charge in [0.05, 0.1) is 11.4 Å². The molecule has 1 aliphatic heterocycles. The van der Waals surface area contributed by atoms with E-state index in [0.29, 0.717) is 34.1 Å². The van der Waals surface area contributed by atoms with Gasteiger partial charge in [-0.3, -0.25) is 9.59 Å². The maximum atomic E-state index is 13.4. The maximum Gasteiger partial charge on any atom is 0.276 e. The van der Waals surface area contributed by atoms with E-state index in [1.807, 2.05) is 0 Å². The molecule has 8 heteroatoms. The highest BCUT2D eigenvalue weighted by molar-refractivity contribution is 6.09. The Bertz CT molecular complexity index is 1200. The summed E-state index contributed by atoms with van der Waals surface area (Å²) in [5.41, 5.74) is 3.54. The lowest BCUT2D eigenvalue weighted by molar-refractivity contribution is 0.101. The molecule has 1 aliphatic carbocycles. The number of carbonyl (C=O) groups is 2. The molecule has 0 unspecified atom stereocenters. The van der Waals surface area contributed by atoms with Crippen LogP contribution < -0.4 is 14.8 Å². The van der Waals surface area contributed by atoms with Crippen molar-refractivity contribution in [1.82, 2.24) is 9.78 Å². The molecule has 7 nitrogen and oxygen atoms in total. The molecule has 1 amide bonds. The predicted octanol–water partition coefficient (Wildman–Crippen LogP) is 4.07. The van der Waals surface area contributed by atoms with Crippen molar-refractivity contribution < 1.29 is 23.5 Å². The molecule has 2 aliphatic rings. The first-order valence-corrected chi connectivity index (χ1v) is 10.1. The Morgan fingerprint density at radius 3 is 2.52 bits per heavy atom. The Hall–Kier alpha value is -3.68. The van der Waals surface area contributed by atoms with Gasteiger partial charge in [-0.1, -0.05) is 0 Å². The molecule has 0 fully saturated rings. The number of Topliss-reactive ketones (excluding diaryl/α,β-unsaturated/α-hetero) is 1. The van der Waals surface area contributed by atoms with Crippen molar-refractivity contribution in [1.29, 1.82) is 0 Å². The molecule has 0 saturated carbocycles. The second kappa shape index (κ2) is 7.54. The third-order valence-electron chi connectivity index (χ3n) is 5.61. The normalized spacial score (nSPS) is 14.3. The molecule has 0 bridgehead atoms. The van der Waals surface area contributed by atoms with E-state index in [-0.39, 0.29) is 18.4 Å². The van der Waals surface area contributed by atoms with Crippen LogP contribution in [0.5, 0.6) is 11.5 Å². The molecular formula is C23H20FN3O4. The molecule has 0 spiro atoms. The molecule has 2 heterocycles. The van der Waals surface area contributed by atoms with Gasteiger partial charge in [-0.2, -0.15) is 5.10 Å². The van der Waals surface area contributed by atoms with E-state index in [4.69, 9.17) is 9.47 Å². The van der Waals surface area contributed by atoms with Gasteiger partial charge in [0, 0.05) is 22.9 Å². The summed E-state index contributed by atoms with van der Waals surface area (Å²) in [6.07, 6.45) is 3.48. The monoisotopic (exact) mass is 421 g/mol. The molecular weight excluding hydrogens is 401 g/mol. The SMILES string of the molecule is CC(=O)c1cc2c(cc1NC(=O)c1nn(-c3ccc(F)cc3)c3c1CCCC3)OCO2. The van der Waals surface area contributed by atoms with Gasteiger partial charge in [-0.25, -0.2) is 9.07 Å². The summed E-state index contributed by atoms with van der Waals surface area (Å²) in [5.74, 6) is 0.00972. The van der Waals surface area contributed by atoms with E-state index in [0.717, 1.165) is 36.9 Å². The van der Waals surface area contributed by atoms with E-state index >= 15 is 0 Å². The first-order valence-electron chi connectivity index (χ1n) is 10.1. The Morgan fingerprint density at radius 1 is 1.06 bits per heavy atom. The lowest BCUT2D eigenvalue weighted by atomic mass is 9.95. The first-order chi connectivity index (χ1) is 15.0. The first kappa shape index (κ1) is 19.3. The zero-order valence-electron chi connectivity index (χ0n) is 16.9. The summed E-state index contributed by atoms with van der Waals surface area (Å²) in [7, 11) is 0. The van der Waals surface area contributed by atoms with E-state index in [1.165, 1.54) is 19.1 Å². The number of carbonyl (C=O) groups excluding carboxylic acids is 2. The van der Waals surface area contributed by atoms with Crippen molar-refractivity contribution in [3.05, 3.63) is 64.7 Å². The average Bonchev–Trinajstić information content (AvgIpc) is 3.38. The van der Waals surface area contributed by atoms with E-state index in [2.05, 4.69) is 10.4 Å². The van der Waals surface area contributed by atoms with Crippen molar-refractivity contribution in [3.8, 4) is 17.2 Å². The summed E-state index contributed by atoms with van der Waals surface area (Å²) < 4.78 is 25.8. The smallest absolute Gasteiger partial charge is 0.276 e. The van der Waals surface area contributed by atoms with Gasteiger partial charge < -0.3 is 14.8 Å². The minimum absolute atomic E-state index is 0.0691. The number of halogens is 1. The standard InChI is InChI=1S/C23H20FN3O4/c1-13(28)17-10-20-21(31-12-30-20)11-18(17)25-23(29)22-16-4-2-3-5-19(16)27(26-22)15-8-6-14(24)7-9-15/h6-11H,2-5,12H2,1H3,(H,25,29). The second-order valence-corrected chi connectivity index (χ2v) is 7.63. The lowest BCUT2D eigenvalue weighted by Crippen LogP contribution is -2.17. The second-order valence-electron chi connectivity index (χ2n) is 7.63. The molecule has 3 aromatic rings. The number of hydrogen-bond acceptors (Lipinski definition) is 5. The minimum atomic E-state index is -0.402. The molecule has 2 aromatic carbocycles. The van der Waals surface area contributed by atoms with Crippen LogP contribution in [0.4, 0.5) is 10.1 Å². The van der Waals surface area contributed by atoms with Gasteiger partial charge in [0.1, 0.15) is 5.82 Å². The van der Waals surface area contributed by atoms with Crippen molar-refractivity contribution in [2.45, 2.75) is 32.6 Å². The lowest BCUT2D eigenvalue weighted by Gasteiger charge is -2.14. The number of nitrogens with zero attached hydrogens (tertiary/aromatic N) is 2. The molecule has 5 rings (SSSR count). The number of aromatic nitrogens is 2. The van der Waals surface area contributed by atoms with E-state index in [1.54, 1.807) is 28.9 Å². The zero-order chi connectivity index (χ0) is 21.5. The average molecular weight is 421 g/mol. The third kappa shape index (κ3) is 3.43. The summed E-state index contributed by atoms with van der Waals surface area (Å²) in [6.45, 7) is 1.50. The van der Waals surface area contributed by atoms with Gasteiger partial charge in [0.2, 0.25) is 6.79 Å². The highest BCUT2D eigenvalue weighted by Gasteiger charge is 2.27. The maximum absolute atomic E-state index is 13.4. The van der Waals surface area contributed by atoms with Crippen molar-refractivity contribution in [3.63, 3.8) is 0 Å². The Morgan fingerprint density at radius 2 is 1.77 bits per heavy atom. The topological polar surface area (TPSA) is 82.5 Å². The number of benzene rings is 2. The molecule has 1 N–H and O–H groups in total. The fourth-order valence-electron chi connectivity index (χ4n) is 4.10. The molecule has 0 atom stereocenters. The van der Waals surface area contributed by atoms with Crippen molar-refractivity contribution >= 4 is 17.4 Å². The quantitative estimate of drug-likeness (QED) is 0.642. The third-order valence-corrected chi connectivity index (χ3v) is 5.61. The van der Waals surface area contributed by atoms with E-state index < -0.39 is 5.91 Å². The fourth-order valence-corrected chi connectivity index (χ4v) is 4.10. The zero-order valence-corrected chi connectivity index (χ0v) is 16.9. The van der Waals surface area contributed by atoms with Crippen molar-refractivity contribution in [2.75, 3.05) is 12.1 Å². The van der Waals surface area contributed by atoms with Crippen LogP contribution in [0.1, 0.15) is 51.9 Å². The van der Waals surface area contributed by atoms with Gasteiger partial charge in [-0.15, -0.1) is 0 Å². The van der Waals surface area contributed by atoms with Crippen LogP contribution in [0.25, 0.3) is 5.69 Å². The largest absolute Gasteiger partial charge is 0.454 e. The molecule has 31 heavy (non-hydrogen) atoms. The number of fused-ring (bicyclic) bond motifs is 2. The van der Waals surface area contributed by atoms with Crippen LogP contribution in [0.2, 0.25) is 0 Å². The van der Waals surface area contributed by atoms with Gasteiger partial charge in [-0.05, 0) is 62.9 Å². The van der Waals surface area contributed by atoms with E-state index in [9.17, 15) is 14.0 Å². The predicted molar refractivity (Wildman–Crippen MR) is 111 cm³/mol. The Labute approximate surface area is 177 Å². The highest BCUT2D eigenvalue weighted by atomic mass is 19.1. The fraction of sp³-hybridized carbons (Fsp3) is 0.261. The number of nitrogens with one attached hydrogen (secondary N) is 1. The van der Waals surface area contributed by atoms with Gasteiger partial charge >= 0.3 is 0 Å². The van der Waals surface area contributed by atoms with Crippen LogP contribution in [0.3, 0.4) is 0 Å². The Balaban J connectivity index is 1.53. The van der Waals surface area contributed by atoms with Crippen LogP contribution in [-0.4, -0.2) is 28.3 Å². The molecule has 0 radical (unpaired) electrons. The number of rotatable bonds is 4. The van der Waals surface area contributed by atoms with Gasteiger partial charge in [0.25, 0.3) is 5.91 Å². The number of anilines is 1. The number of amides is 1.